The Bertz CT molecular complexity index is 807. The van der Waals surface area contributed by atoms with Crippen LogP contribution >= 0.6 is 0 Å². The first-order valence-corrected chi connectivity index (χ1v) is 9.40. The van der Waals surface area contributed by atoms with Crippen molar-refractivity contribution in [2.24, 2.45) is 0 Å². The summed E-state index contributed by atoms with van der Waals surface area (Å²) < 4.78 is 50.5. The van der Waals surface area contributed by atoms with Crippen LogP contribution in [0.5, 0.6) is 0 Å². The van der Waals surface area contributed by atoms with Gasteiger partial charge in [0.15, 0.2) is 0 Å². The zero-order valence-corrected chi connectivity index (χ0v) is 15.9. The van der Waals surface area contributed by atoms with Crippen molar-refractivity contribution in [2.75, 3.05) is 44.7 Å². The largest absolute Gasteiger partial charge is 0.457 e. The highest BCUT2D eigenvalue weighted by atomic mass is 19.4. The molecule has 2 aromatic rings. The number of hydrogen-bond donors (Lipinski definition) is 1. The molecule has 156 valence electrons. The predicted molar refractivity (Wildman–Crippen MR) is 103 cm³/mol. The number of morpholine rings is 1. The number of alkyl halides is 3. The summed E-state index contributed by atoms with van der Waals surface area (Å²) in [5, 5.41) is 3.08. The van der Waals surface area contributed by atoms with Crippen LogP contribution in [-0.2, 0) is 22.3 Å². The maximum absolute atomic E-state index is 13.4. The van der Waals surface area contributed by atoms with E-state index in [0.29, 0.717) is 31.0 Å². The van der Waals surface area contributed by atoms with Crippen LogP contribution in [0, 0.1) is 0 Å². The molecule has 1 heterocycles. The summed E-state index contributed by atoms with van der Waals surface area (Å²) in [5.41, 5.74) is -0.355. The lowest BCUT2D eigenvalue weighted by molar-refractivity contribution is -0.138. The fourth-order valence-corrected chi connectivity index (χ4v) is 3.05. The molecular weight excluding hydrogens is 385 g/mol. The van der Waals surface area contributed by atoms with Crippen molar-refractivity contribution in [1.29, 1.82) is 0 Å². The first kappa shape index (κ1) is 21.1. The Kier molecular flexibility index (Phi) is 7.11. The number of halogens is 3. The number of rotatable bonds is 7. The first-order chi connectivity index (χ1) is 13.9. The topological polar surface area (TPSA) is 50.8 Å². The van der Waals surface area contributed by atoms with E-state index in [0.717, 1.165) is 25.7 Å². The Morgan fingerprint density at radius 3 is 2.52 bits per heavy atom. The second-order valence-corrected chi connectivity index (χ2v) is 6.70. The fourth-order valence-electron chi connectivity index (χ4n) is 3.05. The Morgan fingerprint density at radius 1 is 1.10 bits per heavy atom. The van der Waals surface area contributed by atoms with Gasteiger partial charge in [0.2, 0.25) is 0 Å². The summed E-state index contributed by atoms with van der Waals surface area (Å²) in [6.45, 7) is 4.20. The molecule has 0 radical (unpaired) electrons. The normalized spacial score (nSPS) is 15.1. The van der Waals surface area contributed by atoms with Gasteiger partial charge in [-0.1, -0.05) is 30.3 Å². The van der Waals surface area contributed by atoms with Gasteiger partial charge in [0.05, 0.1) is 24.3 Å². The van der Waals surface area contributed by atoms with E-state index in [2.05, 4.69) is 10.2 Å². The molecule has 8 heteroatoms. The Hall–Kier alpha value is -2.58. The van der Waals surface area contributed by atoms with Crippen LogP contribution in [0.15, 0.2) is 48.5 Å². The van der Waals surface area contributed by atoms with Crippen LogP contribution in [0.25, 0.3) is 0 Å². The minimum absolute atomic E-state index is 0.0916. The van der Waals surface area contributed by atoms with E-state index in [-0.39, 0.29) is 6.61 Å². The second-order valence-electron chi connectivity index (χ2n) is 6.70. The van der Waals surface area contributed by atoms with Crippen molar-refractivity contribution in [3.8, 4) is 0 Å². The molecule has 29 heavy (non-hydrogen) atoms. The number of nitrogens with zero attached hydrogens (tertiary/aromatic N) is 1. The van der Waals surface area contributed by atoms with E-state index in [1.807, 2.05) is 0 Å². The van der Waals surface area contributed by atoms with E-state index in [1.54, 1.807) is 30.3 Å². The molecule has 1 fully saturated rings. The lowest BCUT2D eigenvalue weighted by Gasteiger charge is -2.26. The molecule has 0 amide bonds. The third-order valence-electron chi connectivity index (χ3n) is 4.62. The highest BCUT2D eigenvalue weighted by Gasteiger charge is 2.35. The van der Waals surface area contributed by atoms with Crippen LogP contribution in [0.1, 0.15) is 21.5 Å². The summed E-state index contributed by atoms with van der Waals surface area (Å²) in [4.78, 5) is 14.6. The summed E-state index contributed by atoms with van der Waals surface area (Å²) in [5.74, 6) is -1.00. The second kappa shape index (κ2) is 9.76. The quantitative estimate of drug-likeness (QED) is 0.707. The highest BCUT2D eigenvalue weighted by molar-refractivity contribution is 5.92. The number of esters is 1. The monoisotopic (exact) mass is 408 g/mol. The number of benzene rings is 2. The maximum atomic E-state index is 13.4. The first-order valence-electron chi connectivity index (χ1n) is 9.40. The predicted octanol–water partition coefficient (Wildman–Crippen LogP) is 3.81. The number of ether oxygens (including phenoxy) is 2. The van der Waals surface area contributed by atoms with Gasteiger partial charge >= 0.3 is 12.1 Å². The molecule has 0 bridgehead atoms. The molecule has 3 rings (SSSR count). The summed E-state index contributed by atoms with van der Waals surface area (Å²) in [6.07, 6.45) is -4.65. The number of anilines is 1. The lowest BCUT2D eigenvalue weighted by Crippen LogP contribution is -2.39. The minimum Gasteiger partial charge on any atom is -0.457 e. The fraction of sp³-hybridized carbons (Fsp3) is 0.381. The maximum Gasteiger partial charge on any atom is 0.417 e. The van der Waals surface area contributed by atoms with Crippen molar-refractivity contribution in [1.82, 2.24) is 4.90 Å². The van der Waals surface area contributed by atoms with Crippen LogP contribution in [0.3, 0.4) is 0 Å². The third kappa shape index (κ3) is 6.20. The van der Waals surface area contributed by atoms with E-state index in [9.17, 15) is 18.0 Å². The van der Waals surface area contributed by atoms with Gasteiger partial charge in [-0.3, -0.25) is 4.90 Å². The van der Waals surface area contributed by atoms with Crippen molar-refractivity contribution >= 4 is 11.7 Å². The number of carbonyl (C=O) groups excluding carboxylic acids is 1. The van der Waals surface area contributed by atoms with Gasteiger partial charge in [0.1, 0.15) is 6.61 Å². The van der Waals surface area contributed by atoms with Crippen molar-refractivity contribution in [2.45, 2.75) is 12.8 Å². The van der Waals surface area contributed by atoms with Crippen LogP contribution in [0.4, 0.5) is 18.9 Å². The van der Waals surface area contributed by atoms with Crippen molar-refractivity contribution in [3.63, 3.8) is 0 Å². The molecule has 0 spiro atoms. The average Bonchev–Trinajstić information content (AvgIpc) is 2.73. The SMILES string of the molecule is O=C(OCc1ccccc1)c1cc(NCCN2CCOCC2)ccc1C(F)(F)F. The van der Waals surface area contributed by atoms with Crippen LogP contribution in [0.2, 0.25) is 0 Å². The van der Waals surface area contributed by atoms with E-state index in [4.69, 9.17) is 9.47 Å². The van der Waals surface area contributed by atoms with Crippen molar-refractivity contribution in [3.05, 3.63) is 65.2 Å². The molecule has 5 nitrogen and oxygen atoms in total. The van der Waals surface area contributed by atoms with Gasteiger partial charge in [-0.15, -0.1) is 0 Å². The smallest absolute Gasteiger partial charge is 0.417 e. The number of hydrogen-bond acceptors (Lipinski definition) is 5. The van der Waals surface area contributed by atoms with Gasteiger partial charge in [0.25, 0.3) is 0 Å². The Balaban J connectivity index is 1.67. The standard InChI is InChI=1S/C21H23F3N2O3/c22-21(23,24)19-7-6-17(25-8-9-26-10-12-28-13-11-26)14-18(19)20(27)29-15-16-4-2-1-3-5-16/h1-7,14,25H,8-13,15H2. The average molecular weight is 408 g/mol. The van der Waals surface area contributed by atoms with Crippen molar-refractivity contribution < 1.29 is 27.4 Å². The van der Waals surface area contributed by atoms with E-state index >= 15 is 0 Å². The van der Waals surface area contributed by atoms with Gasteiger partial charge in [-0.25, -0.2) is 4.79 Å². The summed E-state index contributed by atoms with van der Waals surface area (Å²) >= 11 is 0. The van der Waals surface area contributed by atoms with E-state index < -0.39 is 23.3 Å². The molecule has 1 aliphatic rings. The van der Waals surface area contributed by atoms with Gasteiger partial charge < -0.3 is 14.8 Å². The molecule has 0 aromatic heterocycles. The number of nitrogens with one attached hydrogen (secondary N) is 1. The van der Waals surface area contributed by atoms with Crippen LogP contribution in [-0.4, -0.2) is 50.3 Å². The molecule has 0 atom stereocenters. The number of carbonyl (C=O) groups is 1. The van der Waals surface area contributed by atoms with E-state index in [1.165, 1.54) is 12.1 Å². The molecule has 2 aromatic carbocycles. The summed E-state index contributed by atoms with van der Waals surface area (Å²) in [7, 11) is 0. The molecule has 0 aliphatic carbocycles. The summed E-state index contributed by atoms with van der Waals surface area (Å²) in [6, 6.07) is 12.3. The van der Waals surface area contributed by atoms with Crippen LogP contribution < -0.4 is 5.32 Å². The zero-order chi connectivity index (χ0) is 20.7. The lowest BCUT2D eigenvalue weighted by atomic mass is 10.1. The molecule has 1 saturated heterocycles. The van der Waals surface area contributed by atoms with Gasteiger partial charge in [-0.05, 0) is 23.8 Å². The molecule has 1 N–H and O–H groups in total. The van der Waals surface area contributed by atoms with Gasteiger partial charge in [-0.2, -0.15) is 13.2 Å². The Labute approximate surface area is 167 Å². The minimum atomic E-state index is -4.65. The Morgan fingerprint density at radius 2 is 1.83 bits per heavy atom. The molecule has 0 saturated carbocycles. The highest BCUT2D eigenvalue weighted by Crippen LogP contribution is 2.34. The van der Waals surface area contributed by atoms with Gasteiger partial charge in [0, 0.05) is 31.9 Å². The molecule has 1 aliphatic heterocycles. The molecular formula is C21H23F3N2O3. The molecule has 0 unspecified atom stereocenters. The third-order valence-corrected chi connectivity index (χ3v) is 4.62. The zero-order valence-electron chi connectivity index (χ0n) is 15.9.